The molecule has 7 heteroatoms. The maximum atomic E-state index is 10.7. The summed E-state index contributed by atoms with van der Waals surface area (Å²) >= 11 is 0. The van der Waals surface area contributed by atoms with Gasteiger partial charge in [0.05, 0.1) is 0 Å². The van der Waals surface area contributed by atoms with Crippen LogP contribution in [0.5, 0.6) is 0 Å². The number of sulfone groups is 1. The van der Waals surface area contributed by atoms with E-state index in [1.807, 2.05) is 0 Å². The molecular formula is C50H11O5PrS-. The van der Waals surface area contributed by atoms with Gasteiger partial charge in [0.25, 0.3) is 0 Å². The Morgan fingerprint density at radius 3 is 0.842 bits per heavy atom. The molecule has 0 bridgehead atoms. The Labute approximate surface area is 369 Å². The van der Waals surface area contributed by atoms with Gasteiger partial charge < -0.3 is 9.84 Å². The van der Waals surface area contributed by atoms with Gasteiger partial charge in [0.2, 0.25) is 0 Å². The minimum absolute atomic E-state index is 0. The van der Waals surface area contributed by atoms with Crippen LogP contribution >= 0.6 is 0 Å². The quantitative estimate of drug-likeness (QED) is 0.240. The van der Waals surface area contributed by atoms with E-state index in [0.717, 1.165) is 5.75 Å². The smallest absolute Gasteiger partial charge is 0.463 e. The van der Waals surface area contributed by atoms with Crippen molar-refractivity contribution >= 4 is 16.0 Å². The van der Waals surface area contributed by atoms with Crippen molar-refractivity contribution in [2.24, 2.45) is 0 Å². The van der Waals surface area contributed by atoms with E-state index < -0.39 is 22.1 Å². The van der Waals surface area contributed by atoms with Crippen molar-refractivity contribution in [1.82, 2.24) is 0 Å². The van der Waals surface area contributed by atoms with Crippen LogP contribution in [0.1, 0.15) is 13.3 Å². The van der Waals surface area contributed by atoms with Crippen LogP contribution in [0.15, 0.2) is 0 Å². The number of hydrogen-bond donors (Lipinski definition) is 1. The summed E-state index contributed by atoms with van der Waals surface area (Å²) in [5.41, 5.74) is 0. The first-order valence-corrected chi connectivity index (χ1v) is 16.0. The molecule has 1 saturated heterocycles. The van der Waals surface area contributed by atoms with E-state index in [1.54, 1.807) is 6.92 Å². The minimum atomic E-state index is -3.15. The molecule has 57 heavy (non-hydrogen) atoms. The molecule has 0 aliphatic carbocycles. The largest absolute Gasteiger partial charge is 0.503 e. The third-order valence-electron chi connectivity index (χ3n) is 4.00. The monoisotopic (exact) mass is 864 g/mol. The van der Waals surface area contributed by atoms with Gasteiger partial charge in [-0.25, -0.2) is 4.79 Å². The molecule has 1 rings (SSSR count). The third kappa shape index (κ3) is 41.2. The Morgan fingerprint density at radius 2 is 0.684 bits per heavy atom. The second-order valence-electron chi connectivity index (χ2n) is 7.73. The summed E-state index contributed by atoms with van der Waals surface area (Å²) < 4.78 is 25.6. The zero-order chi connectivity index (χ0) is 40.9. The van der Waals surface area contributed by atoms with Gasteiger partial charge in [-0.15, -0.1) is 6.42 Å². The van der Waals surface area contributed by atoms with Crippen LogP contribution in [-0.4, -0.2) is 31.5 Å². The first-order valence-electron chi connectivity index (χ1n) is 14.3. The zero-order valence-corrected chi connectivity index (χ0v) is 33.7. The summed E-state index contributed by atoms with van der Waals surface area (Å²) in [6.45, 7) is 1.69. The second-order valence-corrected chi connectivity index (χ2v) is 9.74. The molecule has 0 aromatic carbocycles. The topological polar surface area (TPSA) is 80.7 Å². The van der Waals surface area contributed by atoms with E-state index in [2.05, 4.69) is 259 Å². The van der Waals surface area contributed by atoms with Gasteiger partial charge in [0.1, 0.15) is 0 Å². The van der Waals surface area contributed by atoms with Gasteiger partial charge in [0, 0.05) is 211 Å². The van der Waals surface area contributed by atoms with E-state index >= 15 is 0 Å². The van der Waals surface area contributed by atoms with E-state index in [1.165, 1.54) is 0 Å². The van der Waals surface area contributed by atoms with Crippen molar-refractivity contribution in [2.75, 3.05) is 5.75 Å². The first kappa shape index (κ1) is 50.0. The maximum Gasteiger partial charge on any atom is 0.503 e. The van der Waals surface area contributed by atoms with Crippen molar-refractivity contribution in [3.05, 3.63) is 5.75 Å². The molecule has 1 radical (unpaired) electrons. The summed E-state index contributed by atoms with van der Waals surface area (Å²) in [6, 6.07) is 0. The Kier molecular flexibility index (Phi) is 34.8. The first-order chi connectivity index (χ1) is 27.4. The van der Waals surface area contributed by atoms with Gasteiger partial charge in [-0.1, -0.05) is 5.92 Å². The van der Waals surface area contributed by atoms with Gasteiger partial charge >= 0.3 is 6.16 Å². The molecule has 1 N–H and O–H groups in total. The average molecular weight is 865 g/mol. The molecule has 1 unspecified atom stereocenters. The van der Waals surface area contributed by atoms with Crippen molar-refractivity contribution in [2.45, 2.75) is 19.4 Å². The molecule has 1 aliphatic heterocycles. The average Bonchev–Trinajstić information content (AvgIpc) is 3.52. The molecule has 1 heterocycles. The zero-order valence-electron chi connectivity index (χ0n) is 29.2. The van der Waals surface area contributed by atoms with Crippen molar-refractivity contribution in [1.29, 1.82) is 0 Å². The standard InChI is InChI=1S/C45H4.C5H7O5S.Pr/c1-3-5-7-9-11-13-15-17-19-21-23-25-27-29-31-33-35-37-39-41-43-45-44-42-40-38-36-34-32-30-28-26-24-22-20-18-16-14-12-10-8-6-4-2;6-5(7)10-4-1-2-11(8,9)3-4;/h1H,2H3;3-4H,1-2H2,(H,6,7);/q;-1;. The van der Waals surface area contributed by atoms with Crippen molar-refractivity contribution in [3.63, 3.8) is 0 Å². The Balaban J connectivity index is 0. The number of hydrogen-bond acceptors (Lipinski definition) is 4. The van der Waals surface area contributed by atoms with Gasteiger partial charge in [-0.2, -0.15) is 5.75 Å². The number of carboxylic acid groups (broad SMARTS) is 1. The maximum absolute atomic E-state index is 10.7. The molecule has 0 aromatic rings. The van der Waals surface area contributed by atoms with E-state index in [4.69, 9.17) is 11.5 Å². The molecule has 1 atom stereocenters. The molecule has 0 aromatic heterocycles. The predicted octanol–water partition coefficient (Wildman–Crippen LogP) is 0.741. The SMILES string of the molecule is C#CC#CC#CC#CC#CC#CC#CC#CC#CC#CC#CC#CC#CC#CC#CC#CC#CC#CC#CC#CC#CC#CC.O=C(O)OC1[CH-]S(=O)(=O)CC1.[Pr]. The second kappa shape index (κ2) is 39.7. The normalized spacial score (nSPS) is 8.53. The number of terminal acetylenes is 1. The van der Waals surface area contributed by atoms with Crippen LogP contribution in [0.3, 0.4) is 0 Å². The molecular weight excluding hydrogens is 854 g/mol. The van der Waals surface area contributed by atoms with Crippen LogP contribution in [-0.2, 0) is 14.6 Å². The Morgan fingerprint density at radius 1 is 0.474 bits per heavy atom. The van der Waals surface area contributed by atoms with E-state index in [-0.39, 0.29) is 53.5 Å². The summed E-state index contributed by atoms with van der Waals surface area (Å²) in [6.07, 6.45) is 2.94. The summed E-state index contributed by atoms with van der Waals surface area (Å²) in [4.78, 5) is 9.93. The third-order valence-corrected chi connectivity index (χ3v) is 5.52. The Hall–Kier alpha value is -9.10. The molecule has 1 fully saturated rings. The van der Waals surface area contributed by atoms with Crippen LogP contribution < -0.4 is 0 Å². The molecule has 5 nitrogen and oxygen atoms in total. The van der Waals surface area contributed by atoms with Gasteiger partial charge in [-0.3, -0.25) is 8.42 Å². The molecule has 0 saturated carbocycles. The van der Waals surface area contributed by atoms with Gasteiger partial charge in [0.15, 0.2) is 0 Å². The molecule has 0 amide bonds. The van der Waals surface area contributed by atoms with Gasteiger partial charge in [-0.05, 0) is 114 Å². The van der Waals surface area contributed by atoms with E-state index in [0.29, 0.717) is 0 Å². The summed E-state index contributed by atoms with van der Waals surface area (Å²) in [5, 5.41) is 8.11. The Bertz CT molecular complexity index is 3180. The number of rotatable bonds is 1. The fourth-order valence-electron chi connectivity index (χ4n) is 2.18. The molecule has 0 spiro atoms. The van der Waals surface area contributed by atoms with Crippen LogP contribution in [0.25, 0.3) is 0 Å². The van der Waals surface area contributed by atoms with E-state index in [9.17, 15) is 13.2 Å². The van der Waals surface area contributed by atoms with Crippen LogP contribution in [0.4, 0.5) is 4.79 Å². The van der Waals surface area contributed by atoms with Crippen LogP contribution in [0.2, 0.25) is 0 Å². The van der Waals surface area contributed by atoms with Crippen molar-refractivity contribution in [3.8, 4) is 261 Å². The summed E-state index contributed by atoms with van der Waals surface area (Å²) in [5.74, 6) is 108. The minimum Gasteiger partial charge on any atom is -0.463 e. The molecule has 1 aliphatic rings. The predicted molar refractivity (Wildman–Crippen MR) is 213 cm³/mol. The summed E-state index contributed by atoms with van der Waals surface area (Å²) in [7, 11) is -3.15. The number of ether oxygens (including phenoxy) is 1. The van der Waals surface area contributed by atoms with Crippen molar-refractivity contribution < 1.29 is 64.3 Å². The fraction of sp³-hybridized carbons (Fsp3) is 0.0800. The molecule has 251 valence electrons. The van der Waals surface area contributed by atoms with Crippen LogP contribution in [0, 0.1) is 308 Å². The fourth-order valence-corrected chi connectivity index (χ4v) is 3.53. The number of carbonyl (C=O) groups is 1.